The molecule has 2 aliphatic heterocycles. The monoisotopic (exact) mass is 423 g/mol. The maximum atomic E-state index is 13.4. The van der Waals surface area contributed by atoms with Crippen LogP contribution in [0.5, 0.6) is 0 Å². The quantitative estimate of drug-likeness (QED) is 0.718. The molecule has 0 spiro atoms. The van der Waals surface area contributed by atoms with E-state index in [1.807, 2.05) is 41.8 Å². The van der Waals surface area contributed by atoms with Crippen LogP contribution in [0.25, 0.3) is 11.0 Å². The number of carbonyl (C=O) groups excluding carboxylic acids is 1. The summed E-state index contributed by atoms with van der Waals surface area (Å²) in [7, 11) is 0. The third-order valence-electron chi connectivity index (χ3n) is 5.12. The van der Waals surface area contributed by atoms with Crippen LogP contribution in [0.1, 0.15) is 35.4 Å². The highest BCUT2D eigenvalue weighted by Gasteiger charge is 2.33. The number of halogens is 1. The molecule has 4 rings (SSSR count). The number of hydrogen-bond donors (Lipinski definition) is 0. The van der Waals surface area contributed by atoms with Crippen molar-refractivity contribution in [3.63, 3.8) is 0 Å². The minimum Gasteiger partial charge on any atom is -0.451 e. The van der Waals surface area contributed by atoms with Crippen LogP contribution < -0.4 is 0 Å². The van der Waals surface area contributed by atoms with Crippen molar-refractivity contribution >= 4 is 44.6 Å². The smallest absolute Gasteiger partial charge is 0.290 e. The molecule has 3 heterocycles. The third-order valence-corrected chi connectivity index (χ3v) is 6.76. The van der Waals surface area contributed by atoms with Crippen molar-refractivity contribution in [2.75, 3.05) is 24.7 Å². The molecule has 2 atom stereocenters. The lowest BCUT2D eigenvalue weighted by atomic mass is 10.1. The van der Waals surface area contributed by atoms with Crippen LogP contribution in [0.3, 0.4) is 0 Å². The highest BCUT2D eigenvalue weighted by atomic mass is 79.9. The Morgan fingerprint density at radius 1 is 1.40 bits per heavy atom. The second-order valence-electron chi connectivity index (χ2n) is 6.81. The minimum atomic E-state index is 0.00724. The molecule has 0 bridgehead atoms. The lowest BCUT2D eigenvalue weighted by Gasteiger charge is -2.30. The van der Waals surface area contributed by atoms with Crippen LogP contribution in [0.4, 0.5) is 0 Å². The van der Waals surface area contributed by atoms with Gasteiger partial charge in [-0.3, -0.25) is 4.79 Å². The standard InChI is InChI=1S/C19H22BrNO3S/c1-12-16-9-13(20)4-5-17(16)24-18(12)19(22)21(14-6-8-25-11-14)10-15-3-2-7-23-15/h4-5,9,14-15H,2-3,6-8,10-11H2,1H3. The topological polar surface area (TPSA) is 42.7 Å². The summed E-state index contributed by atoms with van der Waals surface area (Å²) in [5.74, 6) is 2.60. The van der Waals surface area contributed by atoms with Gasteiger partial charge in [-0.15, -0.1) is 0 Å². The number of thioether (sulfide) groups is 1. The first-order valence-electron chi connectivity index (χ1n) is 8.82. The van der Waals surface area contributed by atoms with Crippen molar-refractivity contribution in [2.24, 2.45) is 0 Å². The molecule has 2 aromatic rings. The molecule has 6 heteroatoms. The van der Waals surface area contributed by atoms with Crippen LogP contribution in [0, 0.1) is 6.92 Å². The number of furan rings is 1. The largest absolute Gasteiger partial charge is 0.451 e. The first kappa shape index (κ1) is 17.4. The molecule has 0 aliphatic carbocycles. The molecular weight excluding hydrogens is 402 g/mol. The Morgan fingerprint density at radius 3 is 3.00 bits per heavy atom. The van der Waals surface area contributed by atoms with Gasteiger partial charge in [-0.05, 0) is 50.1 Å². The molecule has 1 amide bonds. The second kappa shape index (κ2) is 7.33. The van der Waals surface area contributed by atoms with E-state index in [0.717, 1.165) is 58.4 Å². The van der Waals surface area contributed by atoms with Gasteiger partial charge in [0, 0.05) is 40.4 Å². The van der Waals surface area contributed by atoms with E-state index < -0.39 is 0 Å². The predicted molar refractivity (Wildman–Crippen MR) is 104 cm³/mol. The van der Waals surface area contributed by atoms with Gasteiger partial charge >= 0.3 is 0 Å². The van der Waals surface area contributed by atoms with Crippen molar-refractivity contribution in [2.45, 2.75) is 38.3 Å². The SMILES string of the molecule is Cc1c(C(=O)N(CC2CCCO2)C2CCSC2)oc2ccc(Br)cc12. The van der Waals surface area contributed by atoms with Gasteiger partial charge in [-0.1, -0.05) is 15.9 Å². The summed E-state index contributed by atoms with van der Waals surface area (Å²) in [5, 5.41) is 0.996. The Kier molecular flexibility index (Phi) is 5.11. The molecule has 1 aromatic heterocycles. The molecule has 4 nitrogen and oxygen atoms in total. The van der Waals surface area contributed by atoms with Crippen LogP contribution in [-0.2, 0) is 4.74 Å². The van der Waals surface area contributed by atoms with Gasteiger partial charge in [-0.25, -0.2) is 0 Å². The van der Waals surface area contributed by atoms with Crippen LogP contribution in [0.2, 0.25) is 0 Å². The van der Waals surface area contributed by atoms with Crippen LogP contribution in [-0.4, -0.2) is 47.6 Å². The first-order chi connectivity index (χ1) is 12.1. The van der Waals surface area contributed by atoms with E-state index in [-0.39, 0.29) is 18.1 Å². The van der Waals surface area contributed by atoms with E-state index in [0.29, 0.717) is 12.3 Å². The number of ether oxygens (including phenoxy) is 1. The Hall–Kier alpha value is -0.980. The summed E-state index contributed by atoms with van der Waals surface area (Å²) < 4.78 is 12.7. The highest BCUT2D eigenvalue weighted by Crippen LogP contribution is 2.31. The Bertz CT molecular complexity index is 778. The van der Waals surface area contributed by atoms with E-state index in [1.165, 1.54) is 0 Å². The van der Waals surface area contributed by atoms with Crippen molar-refractivity contribution in [1.82, 2.24) is 4.90 Å². The van der Waals surface area contributed by atoms with Crippen molar-refractivity contribution in [3.8, 4) is 0 Å². The summed E-state index contributed by atoms with van der Waals surface area (Å²) in [5.41, 5.74) is 1.69. The van der Waals surface area contributed by atoms with Crippen LogP contribution in [0.15, 0.2) is 27.1 Å². The van der Waals surface area contributed by atoms with Gasteiger partial charge in [0.1, 0.15) is 5.58 Å². The Morgan fingerprint density at radius 2 is 2.28 bits per heavy atom. The van der Waals surface area contributed by atoms with Gasteiger partial charge in [0.15, 0.2) is 5.76 Å². The molecule has 0 radical (unpaired) electrons. The maximum absolute atomic E-state index is 13.4. The van der Waals surface area contributed by atoms with Gasteiger partial charge in [0.2, 0.25) is 0 Å². The number of amides is 1. The fourth-order valence-corrected chi connectivity index (χ4v) is 5.29. The van der Waals surface area contributed by atoms with Crippen molar-refractivity contribution in [1.29, 1.82) is 0 Å². The molecule has 2 aliphatic rings. The molecule has 134 valence electrons. The zero-order valence-electron chi connectivity index (χ0n) is 14.3. The van der Waals surface area contributed by atoms with Crippen molar-refractivity contribution < 1.29 is 13.9 Å². The van der Waals surface area contributed by atoms with Gasteiger partial charge in [0.25, 0.3) is 5.91 Å². The number of hydrogen-bond acceptors (Lipinski definition) is 4. The Balaban J connectivity index is 1.66. The summed E-state index contributed by atoms with van der Waals surface area (Å²) in [6.45, 7) is 3.45. The highest BCUT2D eigenvalue weighted by molar-refractivity contribution is 9.10. The van der Waals surface area contributed by atoms with Crippen molar-refractivity contribution in [3.05, 3.63) is 34.0 Å². The minimum absolute atomic E-state index is 0.00724. The van der Waals surface area contributed by atoms with Gasteiger partial charge in [-0.2, -0.15) is 11.8 Å². The molecule has 25 heavy (non-hydrogen) atoms. The molecule has 2 saturated heterocycles. The number of fused-ring (bicyclic) bond motifs is 1. The molecule has 0 saturated carbocycles. The molecule has 2 unspecified atom stereocenters. The number of nitrogens with zero attached hydrogens (tertiary/aromatic N) is 1. The average molecular weight is 424 g/mol. The molecule has 1 aromatic carbocycles. The number of benzene rings is 1. The average Bonchev–Trinajstić information content (AvgIpc) is 3.34. The number of rotatable bonds is 4. The van der Waals surface area contributed by atoms with Gasteiger partial charge in [0.05, 0.1) is 6.10 Å². The second-order valence-corrected chi connectivity index (χ2v) is 8.87. The van der Waals surface area contributed by atoms with E-state index in [2.05, 4.69) is 15.9 Å². The van der Waals surface area contributed by atoms with Gasteiger partial charge < -0.3 is 14.1 Å². The lowest BCUT2D eigenvalue weighted by Crippen LogP contribution is -2.44. The lowest BCUT2D eigenvalue weighted by molar-refractivity contribution is 0.0419. The third kappa shape index (κ3) is 3.49. The van der Waals surface area contributed by atoms with E-state index >= 15 is 0 Å². The summed E-state index contributed by atoms with van der Waals surface area (Å²) in [6, 6.07) is 6.15. The zero-order chi connectivity index (χ0) is 17.4. The molecule has 2 fully saturated rings. The number of aryl methyl sites for hydroxylation is 1. The van der Waals surface area contributed by atoms with E-state index in [4.69, 9.17) is 9.15 Å². The van der Waals surface area contributed by atoms with Crippen LogP contribution >= 0.6 is 27.7 Å². The fraction of sp³-hybridized carbons (Fsp3) is 0.526. The van der Waals surface area contributed by atoms with E-state index in [1.54, 1.807) is 0 Å². The normalized spacial score (nSPS) is 23.4. The predicted octanol–water partition coefficient (Wildman–Crippen LogP) is 4.63. The molecular formula is C19H22BrNO3S. The zero-order valence-corrected chi connectivity index (χ0v) is 16.7. The fourth-order valence-electron chi connectivity index (χ4n) is 3.70. The summed E-state index contributed by atoms with van der Waals surface area (Å²) in [6.07, 6.45) is 3.33. The number of carbonyl (C=O) groups is 1. The first-order valence-corrected chi connectivity index (χ1v) is 10.8. The molecule has 0 N–H and O–H groups in total. The Labute approximate surface area is 160 Å². The van der Waals surface area contributed by atoms with E-state index in [9.17, 15) is 4.79 Å². The summed E-state index contributed by atoms with van der Waals surface area (Å²) in [4.78, 5) is 15.4. The maximum Gasteiger partial charge on any atom is 0.290 e. The summed E-state index contributed by atoms with van der Waals surface area (Å²) >= 11 is 5.42.